The minimum absolute atomic E-state index is 0. The second-order valence-corrected chi connectivity index (χ2v) is 8.32. The van der Waals surface area contributed by atoms with Gasteiger partial charge in [0, 0.05) is 59.4 Å². The molecule has 1 aromatic heterocycles. The zero-order chi connectivity index (χ0) is 21.5. The highest BCUT2D eigenvalue weighted by atomic mass is 127. The maximum absolute atomic E-state index is 5.11. The molecule has 0 saturated heterocycles. The average molecular weight is 556 g/mol. The molecule has 176 valence electrons. The molecule has 0 aliphatic heterocycles. The fourth-order valence-corrected chi connectivity index (χ4v) is 3.45. The van der Waals surface area contributed by atoms with Gasteiger partial charge in [0.1, 0.15) is 5.82 Å². The van der Waals surface area contributed by atoms with Gasteiger partial charge in [-0.1, -0.05) is 25.6 Å². The van der Waals surface area contributed by atoms with Crippen LogP contribution in [0.15, 0.2) is 10.1 Å². The lowest BCUT2D eigenvalue weighted by Crippen LogP contribution is -2.41. The number of hydrogen-bond donors (Lipinski definition) is 2. The van der Waals surface area contributed by atoms with Crippen LogP contribution in [0.1, 0.15) is 39.4 Å². The van der Waals surface area contributed by atoms with Gasteiger partial charge in [0.2, 0.25) is 0 Å². The molecule has 30 heavy (non-hydrogen) atoms. The van der Waals surface area contributed by atoms with Crippen LogP contribution in [-0.2, 0) is 17.7 Å². The predicted octanol–water partition coefficient (Wildman–Crippen LogP) is 2.73. The van der Waals surface area contributed by atoms with Crippen molar-refractivity contribution in [2.45, 2.75) is 51.7 Å². The molecule has 1 heterocycles. The van der Waals surface area contributed by atoms with E-state index in [1.165, 1.54) is 0 Å². The molecule has 0 fully saturated rings. The molecule has 0 aliphatic carbocycles. The van der Waals surface area contributed by atoms with Crippen molar-refractivity contribution in [3.8, 4) is 0 Å². The van der Waals surface area contributed by atoms with Gasteiger partial charge in [-0.25, -0.2) is 0 Å². The van der Waals surface area contributed by atoms with Gasteiger partial charge in [0.15, 0.2) is 11.1 Å². The van der Waals surface area contributed by atoms with Gasteiger partial charge in [0.25, 0.3) is 0 Å². The van der Waals surface area contributed by atoms with Crippen LogP contribution in [0.5, 0.6) is 0 Å². The fourth-order valence-electron chi connectivity index (χ4n) is 2.93. The van der Waals surface area contributed by atoms with Crippen molar-refractivity contribution >= 4 is 41.7 Å². The Kier molecular flexibility index (Phi) is 17.7. The zero-order valence-electron chi connectivity index (χ0n) is 19.6. The van der Waals surface area contributed by atoms with E-state index in [-0.39, 0.29) is 24.0 Å². The Bertz CT molecular complexity index is 584. The van der Waals surface area contributed by atoms with E-state index in [0.717, 1.165) is 82.1 Å². The summed E-state index contributed by atoms with van der Waals surface area (Å²) in [6.45, 7) is 12.8. The molecule has 0 unspecified atom stereocenters. The molecule has 0 amide bonds. The number of nitrogens with zero attached hydrogens (tertiary/aromatic N) is 5. The molecule has 0 aliphatic rings. The number of guanidine groups is 1. The van der Waals surface area contributed by atoms with E-state index in [9.17, 15) is 0 Å². The van der Waals surface area contributed by atoms with Gasteiger partial charge in [-0.2, -0.15) is 0 Å². The molecular formula is C20H42IN7OS. The highest BCUT2D eigenvalue weighted by Crippen LogP contribution is 2.16. The Labute approximate surface area is 204 Å². The van der Waals surface area contributed by atoms with E-state index in [0.29, 0.717) is 5.92 Å². The van der Waals surface area contributed by atoms with E-state index < -0.39 is 0 Å². The number of ether oxygens (including phenoxy) is 1. The summed E-state index contributed by atoms with van der Waals surface area (Å²) < 4.78 is 7.36. The zero-order valence-corrected chi connectivity index (χ0v) is 22.8. The summed E-state index contributed by atoms with van der Waals surface area (Å²) in [6, 6.07) is 0. The summed E-state index contributed by atoms with van der Waals surface area (Å²) in [5.74, 6) is 2.52. The van der Waals surface area contributed by atoms with Gasteiger partial charge >= 0.3 is 0 Å². The Balaban J connectivity index is 0.00000841. The SMILES string of the molecule is CCNC(=NCCCc1nnc(SC)n1CC(C)C)NCCN(C)CCCOC.I. The molecule has 8 nitrogen and oxygen atoms in total. The van der Waals surface area contributed by atoms with Gasteiger partial charge in [-0.3, -0.25) is 4.99 Å². The summed E-state index contributed by atoms with van der Waals surface area (Å²) in [5, 5.41) is 16.5. The van der Waals surface area contributed by atoms with Crippen molar-refractivity contribution in [3.63, 3.8) is 0 Å². The van der Waals surface area contributed by atoms with Crippen LogP contribution in [0.2, 0.25) is 0 Å². The van der Waals surface area contributed by atoms with E-state index in [1.54, 1.807) is 18.9 Å². The first-order valence-electron chi connectivity index (χ1n) is 10.7. The maximum Gasteiger partial charge on any atom is 0.191 e. The van der Waals surface area contributed by atoms with Crippen molar-refractivity contribution in [1.82, 2.24) is 30.3 Å². The van der Waals surface area contributed by atoms with E-state index in [1.807, 2.05) is 0 Å². The molecule has 1 aromatic rings. The van der Waals surface area contributed by atoms with Crippen LogP contribution >= 0.6 is 35.7 Å². The first-order chi connectivity index (χ1) is 14.0. The first kappa shape index (κ1) is 29.4. The Morgan fingerprint density at radius 2 is 2.00 bits per heavy atom. The summed E-state index contributed by atoms with van der Waals surface area (Å²) in [4.78, 5) is 7.02. The van der Waals surface area contributed by atoms with Crippen molar-refractivity contribution < 1.29 is 4.74 Å². The molecular weight excluding hydrogens is 513 g/mol. The summed E-state index contributed by atoms with van der Waals surface area (Å²) >= 11 is 1.66. The molecule has 2 N–H and O–H groups in total. The van der Waals surface area contributed by atoms with Crippen molar-refractivity contribution in [1.29, 1.82) is 0 Å². The van der Waals surface area contributed by atoms with Crippen molar-refractivity contribution in [2.75, 3.05) is 59.7 Å². The lowest BCUT2D eigenvalue weighted by molar-refractivity contribution is 0.180. The van der Waals surface area contributed by atoms with E-state index in [2.05, 4.69) is 64.4 Å². The molecule has 0 radical (unpaired) electrons. The van der Waals surface area contributed by atoms with E-state index >= 15 is 0 Å². The number of aromatic nitrogens is 3. The number of methoxy groups -OCH3 is 1. The van der Waals surface area contributed by atoms with Crippen LogP contribution in [0.4, 0.5) is 0 Å². The third-order valence-electron chi connectivity index (χ3n) is 4.37. The Morgan fingerprint density at radius 3 is 2.63 bits per heavy atom. The third-order valence-corrected chi connectivity index (χ3v) is 5.04. The van der Waals surface area contributed by atoms with Gasteiger partial charge in [-0.05, 0) is 39.0 Å². The lowest BCUT2D eigenvalue weighted by atomic mass is 10.2. The molecule has 10 heteroatoms. The first-order valence-corrected chi connectivity index (χ1v) is 11.9. The smallest absolute Gasteiger partial charge is 0.191 e. The number of halogens is 1. The van der Waals surface area contributed by atoms with E-state index in [4.69, 9.17) is 9.73 Å². The quantitative estimate of drug-likeness (QED) is 0.113. The Hall–Kier alpha value is -0.590. The summed E-state index contributed by atoms with van der Waals surface area (Å²) in [5.41, 5.74) is 0. The van der Waals surface area contributed by atoms with Gasteiger partial charge < -0.3 is 24.8 Å². The van der Waals surface area contributed by atoms with Crippen molar-refractivity contribution in [2.24, 2.45) is 10.9 Å². The highest BCUT2D eigenvalue weighted by Gasteiger charge is 2.12. The lowest BCUT2D eigenvalue weighted by Gasteiger charge is -2.18. The number of likely N-dealkylation sites (N-methyl/N-ethyl adjacent to an activating group) is 1. The van der Waals surface area contributed by atoms with Crippen LogP contribution in [0.3, 0.4) is 0 Å². The number of hydrogen-bond acceptors (Lipinski definition) is 6. The minimum Gasteiger partial charge on any atom is -0.385 e. The van der Waals surface area contributed by atoms with Crippen LogP contribution < -0.4 is 10.6 Å². The molecule has 0 saturated carbocycles. The topological polar surface area (TPSA) is 79.6 Å². The number of aryl methyl sites for hydroxylation is 1. The summed E-state index contributed by atoms with van der Waals surface area (Å²) in [6.07, 6.45) is 4.96. The van der Waals surface area contributed by atoms with Crippen LogP contribution in [-0.4, -0.2) is 85.4 Å². The number of thioether (sulfide) groups is 1. The molecule has 0 atom stereocenters. The van der Waals surface area contributed by atoms with Gasteiger partial charge in [0.05, 0.1) is 0 Å². The molecule has 0 bridgehead atoms. The molecule has 1 rings (SSSR count). The monoisotopic (exact) mass is 555 g/mol. The fraction of sp³-hybridized carbons (Fsp3) is 0.850. The number of nitrogens with one attached hydrogen (secondary N) is 2. The second-order valence-electron chi connectivity index (χ2n) is 7.55. The highest BCUT2D eigenvalue weighted by molar-refractivity contribution is 14.0. The minimum atomic E-state index is 0. The molecule has 0 spiro atoms. The number of aliphatic imine (C=N–C) groups is 1. The largest absolute Gasteiger partial charge is 0.385 e. The normalized spacial score (nSPS) is 11.8. The van der Waals surface area contributed by atoms with Crippen LogP contribution in [0.25, 0.3) is 0 Å². The standard InChI is InChI=1S/C20H41N7OS.HI/c1-7-21-19(23-12-14-26(4)13-9-15-28-5)22-11-8-10-18-24-25-20(29-6)27(18)16-17(2)3;/h17H,7-16H2,1-6H3,(H2,21,22,23);1H. The van der Waals surface area contributed by atoms with Gasteiger partial charge in [-0.15, -0.1) is 34.2 Å². The Morgan fingerprint density at radius 1 is 1.23 bits per heavy atom. The summed E-state index contributed by atoms with van der Waals surface area (Å²) in [7, 11) is 3.88. The average Bonchev–Trinajstić information content (AvgIpc) is 3.06. The third kappa shape index (κ3) is 12.3. The second kappa shape index (κ2) is 18.0. The number of rotatable bonds is 15. The predicted molar refractivity (Wildman–Crippen MR) is 138 cm³/mol. The maximum atomic E-state index is 5.11. The molecule has 0 aromatic carbocycles. The van der Waals surface area contributed by atoms with Crippen LogP contribution in [0, 0.1) is 5.92 Å². The van der Waals surface area contributed by atoms with Crippen molar-refractivity contribution in [3.05, 3.63) is 5.82 Å².